The topological polar surface area (TPSA) is 67.4 Å². The second kappa shape index (κ2) is 7.53. The molecule has 1 aromatic rings. The van der Waals surface area contributed by atoms with Crippen molar-refractivity contribution in [3.8, 4) is 5.75 Å². The summed E-state index contributed by atoms with van der Waals surface area (Å²) in [7, 11) is 1.83. The first-order chi connectivity index (χ1) is 9.43. The highest BCUT2D eigenvalue weighted by Crippen LogP contribution is 2.14. The maximum atomic E-state index is 11.8. The van der Waals surface area contributed by atoms with Crippen molar-refractivity contribution in [3.05, 3.63) is 24.3 Å². The molecule has 0 heterocycles. The van der Waals surface area contributed by atoms with Crippen molar-refractivity contribution < 1.29 is 14.3 Å². The van der Waals surface area contributed by atoms with Gasteiger partial charge in [0.2, 0.25) is 0 Å². The van der Waals surface area contributed by atoms with Crippen molar-refractivity contribution in [3.63, 3.8) is 0 Å². The lowest BCUT2D eigenvalue weighted by molar-refractivity contribution is -0.129. The number of carbonyl (C=O) groups is 2. The Balaban J connectivity index is 2.47. The van der Waals surface area contributed by atoms with Gasteiger partial charge >= 0.3 is 0 Å². The summed E-state index contributed by atoms with van der Waals surface area (Å²) in [5.74, 6) is 0.331. The molecule has 1 unspecified atom stereocenters. The van der Waals surface area contributed by atoms with E-state index in [1.807, 2.05) is 33.0 Å². The maximum absolute atomic E-state index is 11.8. The molecule has 0 spiro atoms. The Labute approximate surface area is 119 Å². The van der Waals surface area contributed by atoms with E-state index in [-0.39, 0.29) is 24.2 Å². The first-order valence-corrected chi connectivity index (χ1v) is 6.64. The van der Waals surface area contributed by atoms with Crippen molar-refractivity contribution in [1.82, 2.24) is 5.32 Å². The van der Waals surface area contributed by atoms with Crippen molar-refractivity contribution in [1.29, 1.82) is 0 Å². The number of nitrogens with one attached hydrogen (secondary N) is 2. The van der Waals surface area contributed by atoms with Crippen LogP contribution in [0.1, 0.15) is 20.8 Å². The normalized spacial score (nSPS) is 11.8. The summed E-state index contributed by atoms with van der Waals surface area (Å²) in [6.07, 6.45) is 0. The molecular formula is C15H22N2O3. The van der Waals surface area contributed by atoms with Gasteiger partial charge in [-0.15, -0.1) is 0 Å². The largest absolute Gasteiger partial charge is 0.484 e. The van der Waals surface area contributed by atoms with Crippen LogP contribution in [0.5, 0.6) is 5.75 Å². The van der Waals surface area contributed by atoms with Crippen LogP contribution in [-0.4, -0.2) is 31.4 Å². The van der Waals surface area contributed by atoms with Gasteiger partial charge in [-0.1, -0.05) is 13.8 Å². The number of Topliss-reactive ketones (excluding diaryl/α,β-unsaturated/α-hetero) is 1. The predicted molar refractivity (Wildman–Crippen MR) is 78.9 cm³/mol. The number of benzene rings is 1. The van der Waals surface area contributed by atoms with Crippen LogP contribution in [0.4, 0.5) is 5.69 Å². The van der Waals surface area contributed by atoms with E-state index in [1.165, 1.54) is 6.92 Å². The molecule has 0 bridgehead atoms. The molecule has 110 valence electrons. The fourth-order valence-electron chi connectivity index (χ4n) is 1.82. The molecule has 1 atom stereocenters. The molecule has 5 heteroatoms. The van der Waals surface area contributed by atoms with Crippen LogP contribution in [0.3, 0.4) is 0 Å². The Bertz CT molecular complexity index is 455. The Morgan fingerprint density at radius 1 is 1.20 bits per heavy atom. The minimum Gasteiger partial charge on any atom is -0.484 e. The lowest BCUT2D eigenvalue weighted by atomic mass is 10.0. The van der Waals surface area contributed by atoms with Crippen LogP contribution in [-0.2, 0) is 9.59 Å². The summed E-state index contributed by atoms with van der Waals surface area (Å²) < 4.78 is 5.38. The molecular weight excluding hydrogens is 256 g/mol. The molecule has 0 saturated heterocycles. The fourth-order valence-corrected chi connectivity index (χ4v) is 1.82. The standard InChI is InChI=1S/C15H22N2O3/c1-10(2)15(11(3)18)17-14(19)9-20-13-7-5-12(16-4)6-8-13/h5-8,10,15-16H,9H2,1-4H3,(H,17,19). The second-order valence-corrected chi connectivity index (χ2v) is 4.96. The number of hydrogen-bond acceptors (Lipinski definition) is 4. The van der Waals surface area contributed by atoms with Gasteiger partial charge in [0.05, 0.1) is 6.04 Å². The Morgan fingerprint density at radius 3 is 2.25 bits per heavy atom. The molecule has 1 rings (SSSR count). The average molecular weight is 278 g/mol. The maximum Gasteiger partial charge on any atom is 0.258 e. The molecule has 0 fully saturated rings. The van der Waals surface area contributed by atoms with Crippen molar-refractivity contribution >= 4 is 17.4 Å². The van der Waals surface area contributed by atoms with Gasteiger partial charge in [0.25, 0.3) is 5.91 Å². The van der Waals surface area contributed by atoms with Crippen LogP contribution in [0.2, 0.25) is 0 Å². The summed E-state index contributed by atoms with van der Waals surface area (Å²) >= 11 is 0. The minimum absolute atomic E-state index is 0.0493. The third-order valence-electron chi connectivity index (χ3n) is 2.93. The third-order valence-corrected chi connectivity index (χ3v) is 2.93. The number of rotatable bonds is 7. The monoisotopic (exact) mass is 278 g/mol. The summed E-state index contributed by atoms with van der Waals surface area (Å²) in [5.41, 5.74) is 0.971. The second-order valence-electron chi connectivity index (χ2n) is 4.96. The predicted octanol–water partition coefficient (Wildman–Crippen LogP) is 1.84. The van der Waals surface area contributed by atoms with E-state index in [9.17, 15) is 9.59 Å². The fraction of sp³-hybridized carbons (Fsp3) is 0.467. The first kappa shape index (κ1) is 16.0. The number of carbonyl (C=O) groups excluding carboxylic acids is 2. The van der Waals surface area contributed by atoms with Gasteiger partial charge in [0.15, 0.2) is 12.4 Å². The van der Waals surface area contributed by atoms with Crippen LogP contribution in [0.25, 0.3) is 0 Å². The zero-order valence-corrected chi connectivity index (χ0v) is 12.4. The Hall–Kier alpha value is -2.04. The van der Waals surface area contributed by atoms with Crippen LogP contribution < -0.4 is 15.4 Å². The number of hydrogen-bond donors (Lipinski definition) is 2. The zero-order chi connectivity index (χ0) is 15.1. The number of anilines is 1. The van der Waals surface area contributed by atoms with Crippen LogP contribution in [0.15, 0.2) is 24.3 Å². The highest BCUT2D eigenvalue weighted by atomic mass is 16.5. The van der Waals surface area contributed by atoms with Gasteiger partial charge in [-0.05, 0) is 37.1 Å². The van der Waals surface area contributed by atoms with Gasteiger partial charge in [-0.25, -0.2) is 0 Å². The van der Waals surface area contributed by atoms with Crippen LogP contribution in [0, 0.1) is 5.92 Å². The lowest BCUT2D eigenvalue weighted by Crippen LogP contribution is -2.45. The molecule has 2 N–H and O–H groups in total. The van der Waals surface area contributed by atoms with E-state index in [2.05, 4.69) is 10.6 Å². The molecule has 0 aliphatic rings. The molecule has 0 aromatic heterocycles. The van der Waals surface area contributed by atoms with Gasteiger partial charge in [0, 0.05) is 12.7 Å². The van der Waals surface area contributed by atoms with Gasteiger partial charge in [-0.3, -0.25) is 9.59 Å². The highest BCUT2D eigenvalue weighted by Gasteiger charge is 2.20. The lowest BCUT2D eigenvalue weighted by Gasteiger charge is -2.19. The van der Waals surface area contributed by atoms with E-state index in [1.54, 1.807) is 12.1 Å². The smallest absolute Gasteiger partial charge is 0.258 e. The zero-order valence-electron chi connectivity index (χ0n) is 12.4. The van der Waals surface area contributed by atoms with E-state index in [4.69, 9.17) is 4.74 Å². The number of ether oxygens (including phenoxy) is 1. The third kappa shape index (κ3) is 4.91. The van der Waals surface area contributed by atoms with Crippen LogP contribution >= 0.6 is 0 Å². The summed E-state index contributed by atoms with van der Waals surface area (Å²) in [6.45, 7) is 5.16. The van der Waals surface area contributed by atoms with E-state index in [0.29, 0.717) is 5.75 Å². The molecule has 1 amide bonds. The summed E-state index contributed by atoms with van der Waals surface area (Å²) in [6, 6.07) is 6.82. The first-order valence-electron chi connectivity index (χ1n) is 6.64. The highest BCUT2D eigenvalue weighted by molar-refractivity contribution is 5.88. The van der Waals surface area contributed by atoms with Crippen molar-refractivity contribution in [2.45, 2.75) is 26.8 Å². The minimum atomic E-state index is -0.460. The number of amides is 1. The van der Waals surface area contributed by atoms with Gasteiger partial charge in [0.1, 0.15) is 5.75 Å². The molecule has 0 aliphatic carbocycles. The quantitative estimate of drug-likeness (QED) is 0.798. The van der Waals surface area contributed by atoms with E-state index in [0.717, 1.165) is 5.69 Å². The number of ketones is 1. The Kier molecular flexibility index (Phi) is 6.03. The summed E-state index contributed by atoms with van der Waals surface area (Å²) in [5, 5.41) is 5.68. The summed E-state index contributed by atoms with van der Waals surface area (Å²) in [4.78, 5) is 23.2. The Morgan fingerprint density at radius 2 is 1.80 bits per heavy atom. The SMILES string of the molecule is CNc1ccc(OCC(=O)NC(C(C)=O)C(C)C)cc1. The van der Waals surface area contributed by atoms with Crippen molar-refractivity contribution in [2.24, 2.45) is 5.92 Å². The molecule has 1 aromatic carbocycles. The molecule has 20 heavy (non-hydrogen) atoms. The van der Waals surface area contributed by atoms with Crippen molar-refractivity contribution in [2.75, 3.05) is 19.0 Å². The van der Waals surface area contributed by atoms with Gasteiger partial charge in [-0.2, -0.15) is 0 Å². The van der Waals surface area contributed by atoms with E-state index < -0.39 is 6.04 Å². The molecule has 0 saturated carbocycles. The molecule has 5 nitrogen and oxygen atoms in total. The average Bonchev–Trinajstić information content (AvgIpc) is 2.42. The van der Waals surface area contributed by atoms with E-state index >= 15 is 0 Å². The van der Waals surface area contributed by atoms with Gasteiger partial charge < -0.3 is 15.4 Å². The molecule has 0 radical (unpaired) electrons. The molecule has 0 aliphatic heterocycles.